The van der Waals surface area contributed by atoms with Crippen LogP contribution in [0.15, 0.2) is 65.8 Å². The predicted molar refractivity (Wildman–Crippen MR) is 114 cm³/mol. The Labute approximate surface area is 178 Å². The fourth-order valence-electron chi connectivity index (χ4n) is 3.24. The lowest BCUT2D eigenvalue weighted by Crippen LogP contribution is -2.43. The summed E-state index contributed by atoms with van der Waals surface area (Å²) in [7, 11) is 0. The van der Waals surface area contributed by atoms with Crippen LogP contribution < -0.4 is 15.4 Å². The molecule has 2 N–H and O–H groups in total. The van der Waals surface area contributed by atoms with E-state index in [2.05, 4.69) is 9.98 Å². The van der Waals surface area contributed by atoms with Crippen molar-refractivity contribution in [2.75, 3.05) is 4.90 Å². The predicted octanol–water partition coefficient (Wildman–Crippen LogP) is 4.96. The van der Waals surface area contributed by atoms with Crippen LogP contribution in [0.1, 0.15) is 17.7 Å². The van der Waals surface area contributed by atoms with Gasteiger partial charge >= 0.3 is 6.03 Å². The Morgan fingerprint density at radius 3 is 2.73 bits per heavy atom. The maximum absolute atomic E-state index is 12.1. The third kappa shape index (κ3) is 3.95. The number of ether oxygens (including phenoxy) is 1. The number of halogens is 1. The number of anilines is 1. The van der Waals surface area contributed by atoms with Crippen molar-refractivity contribution >= 4 is 34.8 Å². The second kappa shape index (κ2) is 8.23. The van der Waals surface area contributed by atoms with Crippen molar-refractivity contribution in [1.29, 1.82) is 5.26 Å². The van der Waals surface area contributed by atoms with E-state index >= 15 is 0 Å². The first-order valence-corrected chi connectivity index (χ1v) is 9.51. The highest BCUT2D eigenvalue weighted by Gasteiger charge is 2.26. The standard InChI is InChI=1S/C22H16ClN5O2/c23-18-12-16(30-17-9-10-26-15(11-17)13-24)6-7-19(18)27-21-8-5-14-3-1-2-4-20(14)28(21)22(25)29/h1-4,6-7,9-12H,5,8H2,(H2,25,29). The number of aliphatic imine (C=N–C) groups is 1. The minimum atomic E-state index is -0.594. The molecule has 0 unspecified atom stereocenters. The van der Waals surface area contributed by atoms with Gasteiger partial charge < -0.3 is 10.5 Å². The molecule has 0 spiro atoms. The average molecular weight is 418 g/mol. The van der Waals surface area contributed by atoms with E-state index in [1.54, 1.807) is 24.3 Å². The minimum Gasteiger partial charge on any atom is -0.457 e. The van der Waals surface area contributed by atoms with Gasteiger partial charge in [0.05, 0.1) is 16.4 Å². The van der Waals surface area contributed by atoms with Gasteiger partial charge in [-0.15, -0.1) is 0 Å². The first kappa shape index (κ1) is 19.4. The normalized spacial score (nSPS) is 14.1. The molecule has 2 heterocycles. The average Bonchev–Trinajstić information content (AvgIpc) is 2.75. The lowest BCUT2D eigenvalue weighted by atomic mass is 10.0. The van der Waals surface area contributed by atoms with Crippen LogP contribution in [0, 0.1) is 11.3 Å². The molecule has 1 aliphatic rings. The van der Waals surface area contributed by atoms with Gasteiger partial charge in [0.1, 0.15) is 29.1 Å². The first-order chi connectivity index (χ1) is 14.5. The minimum absolute atomic E-state index is 0.255. The van der Waals surface area contributed by atoms with Gasteiger partial charge in [-0.1, -0.05) is 29.8 Å². The summed E-state index contributed by atoms with van der Waals surface area (Å²) in [6.07, 6.45) is 2.80. The number of aromatic nitrogens is 1. The van der Waals surface area contributed by atoms with Crippen LogP contribution in [-0.2, 0) is 6.42 Å². The molecule has 0 fully saturated rings. The second-order valence-corrected chi connectivity index (χ2v) is 6.94. The summed E-state index contributed by atoms with van der Waals surface area (Å²) in [5.74, 6) is 1.49. The molecular formula is C22H16ClN5O2. The molecule has 8 heteroatoms. The van der Waals surface area contributed by atoms with Crippen LogP contribution in [0.3, 0.4) is 0 Å². The molecule has 0 atom stereocenters. The number of primary amides is 1. The summed E-state index contributed by atoms with van der Waals surface area (Å²) in [6.45, 7) is 0. The molecule has 148 valence electrons. The molecule has 3 aromatic rings. The zero-order valence-electron chi connectivity index (χ0n) is 15.7. The van der Waals surface area contributed by atoms with Crippen LogP contribution in [0.2, 0.25) is 5.02 Å². The number of nitrogens with zero attached hydrogens (tertiary/aromatic N) is 4. The van der Waals surface area contributed by atoms with Crippen LogP contribution in [-0.4, -0.2) is 16.9 Å². The van der Waals surface area contributed by atoms with Crippen molar-refractivity contribution in [2.24, 2.45) is 10.7 Å². The third-order valence-electron chi connectivity index (χ3n) is 4.58. The van der Waals surface area contributed by atoms with E-state index in [-0.39, 0.29) is 5.69 Å². The summed E-state index contributed by atoms with van der Waals surface area (Å²) < 4.78 is 5.74. The van der Waals surface area contributed by atoms with Gasteiger partial charge in [-0.25, -0.2) is 14.8 Å². The Hall–Kier alpha value is -3.89. The molecule has 4 rings (SSSR count). The molecule has 0 bridgehead atoms. The van der Waals surface area contributed by atoms with Crippen LogP contribution in [0.5, 0.6) is 11.5 Å². The van der Waals surface area contributed by atoms with E-state index in [9.17, 15) is 4.79 Å². The maximum atomic E-state index is 12.1. The van der Waals surface area contributed by atoms with Gasteiger partial charge in [0.15, 0.2) is 0 Å². The van der Waals surface area contributed by atoms with E-state index in [4.69, 9.17) is 27.3 Å². The molecule has 2 amide bonds. The van der Waals surface area contributed by atoms with E-state index < -0.39 is 6.03 Å². The molecule has 0 saturated carbocycles. The Morgan fingerprint density at radius 1 is 1.17 bits per heavy atom. The summed E-state index contributed by atoms with van der Waals surface area (Å²) in [6, 6.07) is 17.2. The van der Waals surface area contributed by atoms with Crippen LogP contribution in [0.4, 0.5) is 16.2 Å². The van der Waals surface area contributed by atoms with Crippen molar-refractivity contribution in [3.63, 3.8) is 0 Å². The third-order valence-corrected chi connectivity index (χ3v) is 4.88. The number of fused-ring (bicyclic) bond motifs is 1. The van der Waals surface area contributed by atoms with E-state index in [0.29, 0.717) is 34.5 Å². The largest absolute Gasteiger partial charge is 0.457 e. The molecule has 30 heavy (non-hydrogen) atoms. The Balaban J connectivity index is 1.62. The summed E-state index contributed by atoms with van der Waals surface area (Å²) in [5.41, 5.74) is 8.15. The molecule has 0 aliphatic carbocycles. The number of carbonyl (C=O) groups is 1. The number of carbonyl (C=O) groups excluding carboxylic acids is 1. The maximum Gasteiger partial charge on any atom is 0.324 e. The first-order valence-electron chi connectivity index (χ1n) is 9.14. The summed E-state index contributed by atoms with van der Waals surface area (Å²) in [4.78, 5) is 22.0. The number of aryl methyl sites for hydroxylation is 1. The van der Waals surface area contributed by atoms with Crippen LogP contribution in [0.25, 0.3) is 0 Å². The molecule has 0 radical (unpaired) electrons. The highest BCUT2D eigenvalue weighted by Crippen LogP contribution is 2.34. The number of nitrogens with two attached hydrogens (primary N) is 1. The quantitative estimate of drug-likeness (QED) is 0.650. The smallest absolute Gasteiger partial charge is 0.324 e. The molecule has 1 aromatic heterocycles. The van der Waals surface area contributed by atoms with Crippen molar-refractivity contribution in [3.05, 3.63) is 77.1 Å². The van der Waals surface area contributed by atoms with E-state index in [0.717, 1.165) is 17.7 Å². The molecule has 0 saturated heterocycles. The lowest BCUT2D eigenvalue weighted by Gasteiger charge is -2.29. The zero-order valence-corrected chi connectivity index (χ0v) is 16.5. The lowest BCUT2D eigenvalue weighted by molar-refractivity contribution is 0.256. The number of benzene rings is 2. The van der Waals surface area contributed by atoms with Gasteiger partial charge in [0.25, 0.3) is 0 Å². The fraction of sp³-hybridized carbons (Fsp3) is 0.0909. The molecule has 2 aromatic carbocycles. The number of para-hydroxylation sites is 1. The number of hydrogen-bond acceptors (Lipinski definition) is 5. The molecule has 1 aliphatic heterocycles. The van der Waals surface area contributed by atoms with Gasteiger partial charge in [0.2, 0.25) is 0 Å². The number of urea groups is 1. The Morgan fingerprint density at radius 2 is 1.97 bits per heavy atom. The fourth-order valence-corrected chi connectivity index (χ4v) is 3.45. The van der Waals surface area contributed by atoms with Gasteiger partial charge in [0, 0.05) is 24.8 Å². The zero-order chi connectivity index (χ0) is 21.1. The van der Waals surface area contributed by atoms with Crippen molar-refractivity contribution in [2.45, 2.75) is 12.8 Å². The van der Waals surface area contributed by atoms with Crippen molar-refractivity contribution in [3.8, 4) is 17.6 Å². The SMILES string of the molecule is N#Cc1cc(Oc2ccc(N=C3CCc4ccccc4N3C(N)=O)c(Cl)c2)ccn1. The van der Waals surface area contributed by atoms with E-state index in [1.807, 2.05) is 30.3 Å². The number of amides is 2. The summed E-state index contributed by atoms with van der Waals surface area (Å²) in [5, 5.41) is 9.30. The molecular weight excluding hydrogens is 402 g/mol. The Bertz CT molecular complexity index is 1200. The number of hydrogen-bond donors (Lipinski definition) is 1. The topological polar surface area (TPSA) is 105 Å². The number of amidine groups is 1. The number of pyridine rings is 1. The van der Waals surface area contributed by atoms with E-state index in [1.165, 1.54) is 17.2 Å². The number of nitriles is 1. The van der Waals surface area contributed by atoms with Gasteiger partial charge in [-0.2, -0.15) is 5.26 Å². The van der Waals surface area contributed by atoms with Crippen LogP contribution >= 0.6 is 11.6 Å². The van der Waals surface area contributed by atoms with Crippen molar-refractivity contribution < 1.29 is 9.53 Å². The Kier molecular flexibility index (Phi) is 5.33. The monoisotopic (exact) mass is 417 g/mol. The highest BCUT2D eigenvalue weighted by molar-refractivity contribution is 6.33. The van der Waals surface area contributed by atoms with Gasteiger partial charge in [-0.05, 0) is 36.2 Å². The molecule has 7 nitrogen and oxygen atoms in total. The van der Waals surface area contributed by atoms with Gasteiger partial charge in [-0.3, -0.25) is 4.90 Å². The van der Waals surface area contributed by atoms with Crippen molar-refractivity contribution in [1.82, 2.24) is 4.98 Å². The number of rotatable bonds is 3. The second-order valence-electron chi connectivity index (χ2n) is 6.53. The summed E-state index contributed by atoms with van der Waals surface area (Å²) >= 11 is 6.41. The highest BCUT2D eigenvalue weighted by atomic mass is 35.5.